The molecule has 1 aliphatic rings. The van der Waals surface area contributed by atoms with Gasteiger partial charge in [-0.1, -0.05) is 0 Å². The first-order chi connectivity index (χ1) is 7.33. The van der Waals surface area contributed by atoms with E-state index in [0.29, 0.717) is 5.41 Å². The smallest absolute Gasteiger partial charge is 0.0471 e. The number of methoxy groups -OCH3 is 1. The first kappa shape index (κ1) is 13.7. The lowest BCUT2D eigenvalue weighted by Gasteiger charge is -2.35. The van der Waals surface area contributed by atoms with Crippen molar-refractivity contribution in [3.63, 3.8) is 0 Å². The van der Waals surface area contributed by atoms with Crippen molar-refractivity contribution in [2.24, 2.45) is 5.41 Å². The van der Waals surface area contributed by atoms with Crippen molar-refractivity contribution in [2.75, 3.05) is 44.2 Å². The number of thioether (sulfide) groups is 1. The zero-order chi connectivity index (χ0) is 11.0. The van der Waals surface area contributed by atoms with E-state index in [0.717, 1.165) is 32.0 Å². The molecule has 0 aromatic carbocycles. The van der Waals surface area contributed by atoms with E-state index in [-0.39, 0.29) is 0 Å². The van der Waals surface area contributed by atoms with Crippen molar-refractivity contribution < 1.29 is 9.47 Å². The molecule has 0 aliphatic carbocycles. The minimum absolute atomic E-state index is 0.430. The summed E-state index contributed by atoms with van der Waals surface area (Å²) in [5, 5.41) is 0. The highest BCUT2D eigenvalue weighted by Gasteiger charge is 2.30. The van der Waals surface area contributed by atoms with E-state index in [1.807, 2.05) is 11.8 Å². The molecule has 0 amide bonds. The fourth-order valence-electron chi connectivity index (χ4n) is 1.75. The van der Waals surface area contributed by atoms with Crippen LogP contribution in [0.2, 0.25) is 0 Å². The molecular weight excluding hydrogens is 228 g/mol. The molecule has 0 saturated carbocycles. The summed E-state index contributed by atoms with van der Waals surface area (Å²) in [4.78, 5) is 0. The Morgan fingerprint density at radius 2 is 2.13 bits per heavy atom. The van der Waals surface area contributed by atoms with Crippen molar-refractivity contribution in [1.29, 1.82) is 0 Å². The van der Waals surface area contributed by atoms with Gasteiger partial charge in [-0.05, 0) is 41.9 Å². The summed E-state index contributed by atoms with van der Waals surface area (Å²) >= 11 is 6.54. The van der Waals surface area contributed by atoms with Crippen LogP contribution < -0.4 is 0 Å². The van der Waals surface area contributed by atoms with Crippen molar-refractivity contribution in [2.45, 2.75) is 19.3 Å². The number of thiol groups is 1. The molecule has 0 aromatic heterocycles. The third-order valence-corrected chi connectivity index (χ3v) is 5.00. The monoisotopic (exact) mass is 250 g/mol. The van der Waals surface area contributed by atoms with E-state index in [1.54, 1.807) is 7.11 Å². The molecule has 0 aromatic rings. The van der Waals surface area contributed by atoms with Crippen LogP contribution in [0, 0.1) is 5.41 Å². The summed E-state index contributed by atoms with van der Waals surface area (Å²) in [5.41, 5.74) is 0.430. The molecule has 1 saturated heterocycles. The number of rotatable bonds is 7. The first-order valence-electron chi connectivity index (χ1n) is 5.58. The molecule has 90 valence electrons. The lowest BCUT2D eigenvalue weighted by molar-refractivity contribution is 0.0371. The molecule has 0 bridgehead atoms. The second kappa shape index (κ2) is 7.82. The van der Waals surface area contributed by atoms with Gasteiger partial charge in [0.25, 0.3) is 0 Å². The van der Waals surface area contributed by atoms with Gasteiger partial charge in [0.1, 0.15) is 0 Å². The van der Waals surface area contributed by atoms with E-state index >= 15 is 0 Å². The van der Waals surface area contributed by atoms with E-state index < -0.39 is 0 Å². The number of hydrogen-bond donors (Lipinski definition) is 1. The maximum atomic E-state index is 5.41. The number of ether oxygens (including phenoxy) is 2. The van der Waals surface area contributed by atoms with Crippen LogP contribution >= 0.6 is 24.4 Å². The molecule has 0 unspecified atom stereocenters. The van der Waals surface area contributed by atoms with Crippen LogP contribution in [0.3, 0.4) is 0 Å². The molecule has 0 N–H and O–H groups in total. The largest absolute Gasteiger partial charge is 0.385 e. The Morgan fingerprint density at radius 3 is 2.73 bits per heavy atom. The normalized spacial score (nSPS) is 20.4. The Kier molecular flexibility index (Phi) is 7.14. The standard InChI is InChI=1S/C11H22O2S2/c1-12-5-2-8-15-10-11(9-14)3-6-13-7-4-11/h14H,2-10H2,1H3. The molecule has 0 radical (unpaired) electrons. The maximum absolute atomic E-state index is 5.41. The lowest BCUT2D eigenvalue weighted by atomic mass is 9.84. The average molecular weight is 250 g/mol. The Hall–Kier alpha value is 0.620. The average Bonchev–Trinajstić information content (AvgIpc) is 2.30. The van der Waals surface area contributed by atoms with Gasteiger partial charge in [-0.3, -0.25) is 0 Å². The third-order valence-electron chi connectivity index (χ3n) is 2.93. The van der Waals surface area contributed by atoms with E-state index in [1.165, 1.54) is 24.3 Å². The Bertz CT molecular complexity index is 159. The molecular formula is C11H22O2S2. The predicted octanol–water partition coefficient (Wildman–Crippen LogP) is 2.48. The first-order valence-corrected chi connectivity index (χ1v) is 7.37. The summed E-state index contributed by atoms with van der Waals surface area (Å²) in [6.07, 6.45) is 3.50. The summed E-state index contributed by atoms with van der Waals surface area (Å²) in [6, 6.07) is 0. The second-order valence-corrected chi connectivity index (χ2v) is 5.59. The molecule has 0 spiro atoms. The van der Waals surface area contributed by atoms with Crippen LogP contribution in [-0.4, -0.2) is 44.2 Å². The van der Waals surface area contributed by atoms with E-state index in [9.17, 15) is 0 Å². The highest BCUT2D eigenvalue weighted by molar-refractivity contribution is 7.99. The summed E-state index contributed by atoms with van der Waals surface area (Å²) < 4.78 is 10.4. The molecule has 1 aliphatic heterocycles. The molecule has 4 heteroatoms. The molecule has 2 nitrogen and oxygen atoms in total. The van der Waals surface area contributed by atoms with Gasteiger partial charge in [-0.15, -0.1) is 0 Å². The molecule has 15 heavy (non-hydrogen) atoms. The van der Waals surface area contributed by atoms with Crippen molar-refractivity contribution in [1.82, 2.24) is 0 Å². The van der Waals surface area contributed by atoms with E-state index in [4.69, 9.17) is 9.47 Å². The quantitative estimate of drug-likeness (QED) is 0.553. The van der Waals surface area contributed by atoms with Crippen LogP contribution in [0.1, 0.15) is 19.3 Å². The van der Waals surface area contributed by atoms with Gasteiger partial charge in [0.2, 0.25) is 0 Å². The summed E-state index contributed by atoms with van der Waals surface area (Å²) in [6.45, 7) is 2.71. The van der Waals surface area contributed by atoms with Crippen molar-refractivity contribution in [3.8, 4) is 0 Å². The Morgan fingerprint density at radius 1 is 1.40 bits per heavy atom. The molecule has 1 rings (SSSR count). The third kappa shape index (κ3) is 4.98. The van der Waals surface area contributed by atoms with Crippen LogP contribution in [0.4, 0.5) is 0 Å². The van der Waals surface area contributed by atoms with Gasteiger partial charge < -0.3 is 9.47 Å². The molecule has 0 atom stereocenters. The highest BCUT2D eigenvalue weighted by Crippen LogP contribution is 2.35. The SMILES string of the molecule is COCCCSCC1(CS)CCOCC1. The van der Waals surface area contributed by atoms with Crippen molar-refractivity contribution in [3.05, 3.63) is 0 Å². The minimum Gasteiger partial charge on any atom is -0.385 e. The van der Waals surface area contributed by atoms with Gasteiger partial charge in [0.15, 0.2) is 0 Å². The zero-order valence-electron chi connectivity index (χ0n) is 9.54. The van der Waals surface area contributed by atoms with Gasteiger partial charge >= 0.3 is 0 Å². The van der Waals surface area contributed by atoms with E-state index in [2.05, 4.69) is 12.6 Å². The van der Waals surface area contributed by atoms with Gasteiger partial charge in [0, 0.05) is 26.9 Å². The van der Waals surface area contributed by atoms with Gasteiger partial charge in [-0.25, -0.2) is 0 Å². The fourth-order valence-corrected chi connectivity index (χ4v) is 3.62. The predicted molar refractivity (Wildman–Crippen MR) is 70.2 cm³/mol. The summed E-state index contributed by atoms with van der Waals surface area (Å²) in [7, 11) is 1.76. The Balaban J connectivity index is 2.15. The number of hydrogen-bond acceptors (Lipinski definition) is 4. The highest BCUT2D eigenvalue weighted by atomic mass is 32.2. The van der Waals surface area contributed by atoms with Crippen LogP contribution in [0.5, 0.6) is 0 Å². The molecule has 1 fully saturated rings. The minimum atomic E-state index is 0.430. The lowest BCUT2D eigenvalue weighted by Crippen LogP contribution is -2.33. The Labute approximate surface area is 103 Å². The van der Waals surface area contributed by atoms with Crippen LogP contribution in [0.25, 0.3) is 0 Å². The topological polar surface area (TPSA) is 18.5 Å². The maximum Gasteiger partial charge on any atom is 0.0471 e. The van der Waals surface area contributed by atoms with Gasteiger partial charge in [-0.2, -0.15) is 24.4 Å². The fraction of sp³-hybridized carbons (Fsp3) is 1.00. The van der Waals surface area contributed by atoms with Crippen LogP contribution in [-0.2, 0) is 9.47 Å². The van der Waals surface area contributed by atoms with Crippen LogP contribution in [0.15, 0.2) is 0 Å². The summed E-state index contributed by atoms with van der Waals surface area (Å²) in [5.74, 6) is 3.42. The van der Waals surface area contributed by atoms with Crippen molar-refractivity contribution >= 4 is 24.4 Å². The second-order valence-electron chi connectivity index (χ2n) is 4.17. The molecule has 1 heterocycles. The van der Waals surface area contributed by atoms with Gasteiger partial charge in [0.05, 0.1) is 0 Å². The zero-order valence-corrected chi connectivity index (χ0v) is 11.2.